The summed E-state index contributed by atoms with van der Waals surface area (Å²) in [6.45, 7) is 1.96. The number of methoxy groups -OCH3 is 1. The highest BCUT2D eigenvalue weighted by molar-refractivity contribution is 7.99. The number of fused-ring (bicyclic) bond motifs is 1. The third-order valence-electron chi connectivity index (χ3n) is 4.13. The first kappa shape index (κ1) is 17.3. The van der Waals surface area contributed by atoms with E-state index in [-0.39, 0.29) is 10.8 Å². The van der Waals surface area contributed by atoms with E-state index in [1.54, 1.807) is 13.2 Å². The summed E-state index contributed by atoms with van der Waals surface area (Å²) in [5.74, 6) is 2.06. The average Bonchev–Trinajstić information content (AvgIpc) is 3.16. The van der Waals surface area contributed by atoms with Gasteiger partial charge in [0.1, 0.15) is 11.6 Å². The third-order valence-corrected chi connectivity index (χ3v) is 5.10. The van der Waals surface area contributed by atoms with Crippen molar-refractivity contribution in [3.8, 4) is 17.1 Å². The molecule has 27 heavy (non-hydrogen) atoms. The van der Waals surface area contributed by atoms with Gasteiger partial charge in [0.2, 0.25) is 5.16 Å². The number of benzene rings is 2. The molecule has 8 heteroatoms. The minimum atomic E-state index is -0.142. The van der Waals surface area contributed by atoms with Crippen LogP contribution in [0.4, 0.5) is 0 Å². The summed E-state index contributed by atoms with van der Waals surface area (Å²) in [6.07, 6.45) is 0. The van der Waals surface area contributed by atoms with Crippen LogP contribution in [0.1, 0.15) is 18.0 Å². The van der Waals surface area contributed by atoms with Gasteiger partial charge in [0.25, 0.3) is 5.56 Å². The van der Waals surface area contributed by atoms with Crippen molar-refractivity contribution in [3.63, 3.8) is 0 Å². The number of para-hydroxylation sites is 1. The van der Waals surface area contributed by atoms with Gasteiger partial charge in [0.05, 0.1) is 23.3 Å². The topological polar surface area (TPSA) is 96.6 Å². The highest BCUT2D eigenvalue weighted by Crippen LogP contribution is 2.31. The van der Waals surface area contributed by atoms with Crippen LogP contribution in [-0.4, -0.2) is 32.3 Å². The Hall–Kier alpha value is -3.13. The Morgan fingerprint density at radius 3 is 2.63 bits per heavy atom. The molecule has 0 bridgehead atoms. The van der Waals surface area contributed by atoms with Gasteiger partial charge in [-0.1, -0.05) is 23.9 Å². The van der Waals surface area contributed by atoms with Crippen LogP contribution in [-0.2, 0) is 0 Å². The van der Waals surface area contributed by atoms with Gasteiger partial charge in [-0.15, -0.1) is 5.10 Å². The average molecular weight is 379 g/mol. The number of ether oxygens (including phenoxy) is 1. The summed E-state index contributed by atoms with van der Waals surface area (Å²) in [5, 5.41) is 8.26. The van der Waals surface area contributed by atoms with Crippen molar-refractivity contribution in [2.24, 2.45) is 0 Å². The zero-order valence-electron chi connectivity index (χ0n) is 14.8. The first-order chi connectivity index (χ1) is 13.1. The van der Waals surface area contributed by atoms with E-state index in [2.05, 4.69) is 25.1 Å². The van der Waals surface area contributed by atoms with Gasteiger partial charge >= 0.3 is 0 Å². The Bertz CT molecular complexity index is 1140. The fourth-order valence-corrected chi connectivity index (χ4v) is 3.47. The fraction of sp³-hybridized carbons (Fsp3) is 0.158. The van der Waals surface area contributed by atoms with E-state index in [9.17, 15) is 4.79 Å². The first-order valence-corrected chi connectivity index (χ1v) is 9.24. The van der Waals surface area contributed by atoms with E-state index >= 15 is 0 Å². The van der Waals surface area contributed by atoms with E-state index in [0.29, 0.717) is 27.7 Å². The molecule has 0 fully saturated rings. The summed E-state index contributed by atoms with van der Waals surface area (Å²) in [6, 6.07) is 14.9. The van der Waals surface area contributed by atoms with Gasteiger partial charge in [-0.2, -0.15) is 0 Å². The van der Waals surface area contributed by atoms with Crippen LogP contribution in [0.3, 0.4) is 0 Å². The zero-order chi connectivity index (χ0) is 18.8. The van der Waals surface area contributed by atoms with Crippen molar-refractivity contribution in [2.75, 3.05) is 7.11 Å². The summed E-state index contributed by atoms with van der Waals surface area (Å²) >= 11 is 1.43. The van der Waals surface area contributed by atoms with Crippen LogP contribution in [0, 0.1) is 0 Å². The molecule has 0 saturated carbocycles. The maximum atomic E-state index is 12.2. The fourth-order valence-electron chi connectivity index (χ4n) is 2.69. The maximum Gasteiger partial charge on any atom is 0.258 e. The molecule has 2 N–H and O–H groups in total. The lowest BCUT2D eigenvalue weighted by atomic mass is 10.2. The number of nitrogens with one attached hydrogen (secondary N) is 2. The van der Waals surface area contributed by atoms with Crippen LogP contribution in [0.25, 0.3) is 22.3 Å². The molecule has 4 rings (SSSR count). The van der Waals surface area contributed by atoms with E-state index in [1.165, 1.54) is 11.8 Å². The summed E-state index contributed by atoms with van der Waals surface area (Å²) < 4.78 is 5.17. The number of aromatic amines is 2. The number of hydrogen-bond donors (Lipinski definition) is 2. The smallest absolute Gasteiger partial charge is 0.258 e. The first-order valence-electron chi connectivity index (χ1n) is 8.36. The number of rotatable bonds is 5. The molecule has 2 aromatic carbocycles. The molecule has 4 aromatic rings. The van der Waals surface area contributed by atoms with Gasteiger partial charge in [-0.25, -0.2) is 9.97 Å². The Balaban J connectivity index is 1.55. The SMILES string of the molecule is COc1ccc(-c2nc(S[C@@H](C)c3nc4ccccc4c(=O)[nH]3)n[nH]2)cc1. The molecular formula is C19H17N5O2S. The summed E-state index contributed by atoms with van der Waals surface area (Å²) in [7, 11) is 1.63. The van der Waals surface area contributed by atoms with Gasteiger partial charge < -0.3 is 9.72 Å². The minimum Gasteiger partial charge on any atom is -0.497 e. The molecule has 0 radical (unpaired) electrons. The van der Waals surface area contributed by atoms with Crippen molar-refractivity contribution >= 4 is 22.7 Å². The highest BCUT2D eigenvalue weighted by atomic mass is 32.2. The monoisotopic (exact) mass is 379 g/mol. The Morgan fingerprint density at radius 2 is 1.85 bits per heavy atom. The molecule has 0 unspecified atom stereocenters. The Morgan fingerprint density at radius 1 is 1.07 bits per heavy atom. The standard InChI is InChI=1S/C19H17N5O2S/c1-11(16-20-15-6-4-3-5-14(15)18(25)21-16)27-19-22-17(23-24-19)12-7-9-13(26-2)10-8-12/h3-11H,1-2H3,(H,20,21,25)(H,22,23,24)/t11-/m0/s1. The summed E-state index contributed by atoms with van der Waals surface area (Å²) in [4.78, 5) is 24.2. The van der Waals surface area contributed by atoms with Crippen LogP contribution in [0.5, 0.6) is 5.75 Å². The van der Waals surface area contributed by atoms with Gasteiger partial charge in [-0.3, -0.25) is 9.89 Å². The number of H-pyrrole nitrogens is 2. The Labute approximate surface area is 159 Å². The summed E-state index contributed by atoms with van der Waals surface area (Å²) in [5.41, 5.74) is 1.45. The van der Waals surface area contributed by atoms with Gasteiger partial charge in [0.15, 0.2) is 5.82 Å². The van der Waals surface area contributed by atoms with E-state index in [0.717, 1.165) is 11.3 Å². The molecule has 0 aliphatic heterocycles. The Kier molecular flexibility index (Phi) is 4.64. The number of hydrogen-bond acceptors (Lipinski definition) is 6. The van der Waals surface area contributed by atoms with Crippen molar-refractivity contribution < 1.29 is 4.74 Å². The number of nitrogens with zero attached hydrogens (tertiary/aromatic N) is 3. The lowest BCUT2D eigenvalue weighted by Crippen LogP contribution is -2.12. The van der Waals surface area contributed by atoms with E-state index in [1.807, 2.05) is 49.4 Å². The van der Waals surface area contributed by atoms with Crippen molar-refractivity contribution in [1.29, 1.82) is 0 Å². The van der Waals surface area contributed by atoms with Crippen LogP contribution >= 0.6 is 11.8 Å². The zero-order valence-corrected chi connectivity index (χ0v) is 15.6. The molecule has 0 aliphatic carbocycles. The van der Waals surface area contributed by atoms with Crippen LogP contribution < -0.4 is 10.3 Å². The van der Waals surface area contributed by atoms with Crippen molar-refractivity contribution in [2.45, 2.75) is 17.3 Å². The molecule has 0 aliphatic rings. The normalized spacial score (nSPS) is 12.2. The number of thioether (sulfide) groups is 1. The van der Waals surface area contributed by atoms with Crippen molar-refractivity contribution in [3.05, 3.63) is 64.7 Å². The van der Waals surface area contributed by atoms with E-state index < -0.39 is 0 Å². The second-order valence-electron chi connectivity index (χ2n) is 5.92. The van der Waals surface area contributed by atoms with Crippen molar-refractivity contribution in [1.82, 2.24) is 25.1 Å². The third kappa shape index (κ3) is 3.56. The molecule has 0 spiro atoms. The van der Waals surface area contributed by atoms with Crippen LogP contribution in [0.2, 0.25) is 0 Å². The van der Waals surface area contributed by atoms with Gasteiger partial charge in [-0.05, 0) is 43.3 Å². The predicted molar refractivity (Wildman–Crippen MR) is 105 cm³/mol. The predicted octanol–water partition coefficient (Wildman–Crippen LogP) is 3.57. The van der Waals surface area contributed by atoms with Gasteiger partial charge in [0, 0.05) is 5.56 Å². The molecule has 1 atom stereocenters. The number of aromatic nitrogens is 5. The quantitative estimate of drug-likeness (QED) is 0.515. The highest BCUT2D eigenvalue weighted by Gasteiger charge is 2.15. The molecule has 7 nitrogen and oxygen atoms in total. The molecule has 2 heterocycles. The molecule has 0 saturated heterocycles. The lowest BCUT2D eigenvalue weighted by molar-refractivity contribution is 0.415. The van der Waals surface area contributed by atoms with Crippen LogP contribution in [0.15, 0.2) is 58.5 Å². The molecule has 2 aromatic heterocycles. The minimum absolute atomic E-state index is 0.109. The molecular weight excluding hydrogens is 362 g/mol. The second kappa shape index (κ2) is 7.24. The maximum absolute atomic E-state index is 12.2. The molecule has 136 valence electrons. The lowest BCUT2D eigenvalue weighted by Gasteiger charge is -2.08. The largest absolute Gasteiger partial charge is 0.497 e. The second-order valence-corrected chi connectivity index (χ2v) is 7.23. The molecule has 0 amide bonds. The van der Waals surface area contributed by atoms with E-state index in [4.69, 9.17) is 4.74 Å².